The Bertz CT molecular complexity index is 272. The molecule has 0 aromatic carbocycles. The zero-order chi connectivity index (χ0) is 12.5. The van der Waals surface area contributed by atoms with Crippen LogP contribution >= 0.6 is 11.8 Å². The zero-order valence-electron chi connectivity index (χ0n) is 11.2. The van der Waals surface area contributed by atoms with Gasteiger partial charge in [-0.1, -0.05) is 13.8 Å². The molecule has 2 heterocycles. The molecule has 2 saturated heterocycles. The summed E-state index contributed by atoms with van der Waals surface area (Å²) in [5, 5.41) is 14.0. The summed E-state index contributed by atoms with van der Waals surface area (Å²) in [5.74, 6) is 2.41. The molecule has 2 N–H and O–H groups in total. The maximum atomic E-state index is 10.4. The number of aliphatic hydroxyl groups is 1. The fourth-order valence-corrected chi connectivity index (χ4v) is 4.03. The molecular weight excluding hydrogens is 234 g/mol. The summed E-state index contributed by atoms with van der Waals surface area (Å²) in [6, 6.07) is 0.528. The molecule has 2 rings (SSSR count). The van der Waals surface area contributed by atoms with Gasteiger partial charge in [0.15, 0.2) is 0 Å². The standard InChI is InChI=1S/C13H25NO2S/c1-10-13(15,4-5-16-10)8-14-11-6-12(2,3)9-17-7-11/h10-11,14-15H,4-9H2,1-3H3. The van der Waals surface area contributed by atoms with Crippen LogP contribution in [0.3, 0.4) is 0 Å². The SMILES string of the molecule is CC1OCCC1(O)CNC1CSCC(C)(C)C1. The van der Waals surface area contributed by atoms with Gasteiger partial charge in [-0.25, -0.2) is 0 Å². The van der Waals surface area contributed by atoms with E-state index >= 15 is 0 Å². The van der Waals surface area contributed by atoms with Crippen LogP contribution in [-0.4, -0.2) is 47.5 Å². The Morgan fingerprint density at radius 1 is 1.47 bits per heavy atom. The van der Waals surface area contributed by atoms with Crippen molar-refractivity contribution in [3.8, 4) is 0 Å². The third-order valence-corrected chi connectivity index (χ3v) is 5.59. The first-order valence-corrected chi connectivity index (χ1v) is 7.72. The fourth-order valence-electron chi connectivity index (χ4n) is 2.72. The summed E-state index contributed by atoms with van der Waals surface area (Å²) in [6.07, 6.45) is 1.91. The molecule has 17 heavy (non-hydrogen) atoms. The van der Waals surface area contributed by atoms with E-state index in [9.17, 15) is 5.11 Å². The average molecular weight is 259 g/mol. The molecule has 0 aliphatic carbocycles. The van der Waals surface area contributed by atoms with E-state index in [-0.39, 0.29) is 6.10 Å². The molecular formula is C13H25NO2S. The topological polar surface area (TPSA) is 41.5 Å². The van der Waals surface area contributed by atoms with Crippen LogP contribution in [0.25, 0.3) is 0 Å². The molecule has 0 amide bonds. The van der Waals surface area contributed by atoms with Crippen molar-refractivity contribution in [2.24, 2.45) is 5.41 Å². The van der Waals surface area contributed by atoms with Crippen molar-refractivity contribution in [3.63, 3.8) is 0 Å². The predicted octanol–water partition coefficient (Wildman–Crippen LogP) is 1.65. The summed E-state index contributed by atoms with van der Waals surface area (Å²) in [4.78, 5) is 0. The number of hydrogen-bond donors (Lipinski definition) is 2. The highest BCUT2D eigenvalue weighted by atomic mass is 32.2. The molecule has 0 bridgehead atoms. The molecule has 0 radical (unpaired) electrons. The number of ether oxygens (including phenoxy) is 1. The highest BCUT2D eigenvalue weighted by Gasteiger charge is 2.40. The van der Waals surface area contributed by atoms with Crippen LogP contribution in [0.15, 0.2) is 0 Å². The fraction of sp³-hybridized carbons (Fsp3) is 1.00. The monoisotopic (exact) mass is 259 g/mol. The summed E-state index contributed by atoms with van der Waals surface area (Å²) < 4.78 is 5.45. The van der Waals surface area contributed by atoms with E-state index in [1.54, 1.807) is 0 Å². The molecule has 3 nitrogen and oxygen atoms in total. The Morgan fingerprint density at radius 3 is 2.82 bits per heavy atom. The normalized spacial score (nSPS) is 41.6. The van der Waals surface area contributed by atoms with E-state index in [1.807, 2.05) is 18.7 Å². The lowest BCUT2D eigenvalue weighted by Crippen LogP contribution is -2.51. The highest BCUT2D eigenvalue weighted by Crippen LogP contribution is 2.34. The number of rotatable bonds is 3. The van der Waals surface area contributed by atoms with Crippen molar-refractivity contribution < 1.29 is 9.84 Å². The summed E-state index contributed by atoms with van der Waals surface area (Å²) in [7, 11) is 0. The van der Waals surface area contributed by atoms with Crippen molar-refractivity contribution in [1.82, 2.24) is 5.32 Å². The van der Waals surface area contributed by atoms with Crippen LogP contribution in [0.2, 0.25) is 0 Å². The Morgan fingerprint density at radius 2 is 2.24 bits per heavy atom. The van der Waals surface area contributed by atoms with E-state index in [4.69, 9.17) is 4.74 Å². The molecule has 2 aliphatic rings. The van der Waals surface area contributed by atoms with Gasteiger partial charge in [-0.15, -0.1) is 0 Å². The smallest absolute Gasteiger partial charge is 0.105 e. The van der Waals surface area contributed by atoms with Crippen molar-refractivity contribution in [3.05, 3.63) is 0 Å². The Hall–Kier alpha value is 0.230. The third kappa shape index (κ3) is 3.37. The second kappa shape index (κ2) is 5.08. The second-order valence-electron chi connectivity index (χ2n) is 6.33. The molecule has 0 spiro atoms. The Kier molecular flexibility index (Phi) is 4.08. The quantitative estimate of drug-likeness (QED) is 0.808. The lowest BCUT2D eigenvalue weighted by molar-refractivity contribution is -0.0279. The number of hydrogen-bond acceptors (Lipinski definition) is 4. The van der Waals surface area contributed by atoms with Crippen molar-refractivity contribution in [1.29, 1.82) is 0 Å². The molecule has 3 unspecified atom stereocenters. The van der Waals surface area contributed by atoms with Crippen LogP contribution in [0, 0.1) is 5.41 Å². The van der Waals surface area contributed by atoms with E-state index < -0.39 is 5.60 Å². The zero-order valence-corrected chi connectivity index (χ0v) is 12.0. The second-order valence-corrected chi connectivity index (χ2v) is 7.36. The van der Waals surface area contributed by atoms with Crippen LogP contribution in [0.5, 0.6) is 0 Å². The van der Waals surface area contributed by atoms with Gasteiger partial charge in [0.2, 0.25) is 0 Å². The molecule has 0 aromatic rings. The van der Waals surface area contributed by atoms with Gasteiger partial charge in [0.1, 0.15) is 5.60 Å². The lowest BCUT2D eigenvalue weighted by Gasteiger charge is -2.37. The summed E-state index contributed by atoms with van der Waals surface area (Å²) >= 11 is 2.02. The van der Waals surface area contributed by atoms with Gasteiger partial charge in [-0.2, -0.15) is 11.8 Å². The third-order valence-electron chi connectivity index (χ3n) is 3.97. The maximum Gasteiger partial charge on any atom is 0.105 e. The van der Waals surface area contributed by atoms with Crippen molar-refractivity contribution in [2.45, 2.75) is 51.4 Å². The van der Waals surface area contributed by atoms with Gasteiger partial charge in [0.05, 0.1) is 6.10 Å². The molecule has 2 aliphatic heterocycles. The minimum Gasteiger partial charge on any atom is -0.386 e. The predicted molar refractivity (Wildman–Crippen MR) is 72.5 cm³/mol. The molecule has 4 heteroatoms. The first-order chi connectivity index (χ1) is 7.91. The summed E-state index contributed by atoms with van der Waals surface area (Å²) in [5.41, 5.74) is -0.243. The van der Waals surface area contributed by atoms with Gasteiger partial charge < -0.3 is 15.2 Å². The van der Waals surface area contributed by atoms with Gasteiger partial charge in [-0.3, -0.25) is 0 Å². The van der Waals surface area contributed by atoms with Gasteiger partial charge >= 0.3 is 0 Å². The van der Waals surface area contributed by atoms with Crippen molar-refractivity contribution in [2.75, 3.05) is 24.7 Å². The lowest BCUT2D eigenvalue weighted by atomic mass is 9.87. The Labute approximate surface area is 109 Å². The van der Waals surface area contributed by atoms with E-state index in [0.29, 0.717) is 24.6 Å². The van der Waals surface area contributed by atoms with Gasteiger partial charge in [0, 0.05) is 31.4 Å². The van der Waals surface area contributed by atoms with E-state index in [1.165, 1.54) is 12.2 Å². The minimum atomic E-state index is -0.660. The maximum absolute atomic E-state index is 10.4. The van der Waals surface area contributed by atoms with Gasteiger partial charge in [-0.05, 0) is 24.5 Å². The Balaban J connectivity index is 1.82. The van der Waals surface area contributed by atoms with Crippen molar-refractivity contribution >= 4 is 11.8 Å². The summed E-state index contributed by atoms with van der Waals surface area (Å²) in [6.45, 7) is 7.96. The van der Waals surface area contributed by atoms with Crippen LogP contribution in [-0.2, 0) is 4.74 Å². The highest BCUT2D eigenvalue weighted by molar-refractivity contribution is 7.99. The molecule has 0 aromatic heterocycles. The first kappa shape index (κ1) is 13.7. The minimum absolute atomic E-state index is 0.0424. The molecule has 2 fully saturated rings. The van der Waals surface area contributed by atoms with E-state index in [2.05, 4.69) is 19.2 Å². The van der Waals surface area contributed by atoms with Crippen LogP contribution in [0.1, 0.15) is 33.6 Å². The molecule has 3 atom stereocenters. The largest absolute Gasteiger partial charge is 0.386 e. The van der Waals surface area contributed by atoms with Gasteiger partial charge in [0.25, 0.3) is 0 Å². The van der Waals surface area contributed by atoms with E-state index in [0.717, 1.165) is 12.2 Å². The van der Waals surface area contributed by atoms with Crippen LogP contribution in [0.4, 0.5) is 0 Å². The first-order valence-electron chi connectivity index (χ1n) is 6.56. The molecule has 100 valence electrons. The van der Waals surface area contributed by atoms with Crippen LogP contribution < -0.4 is 5.32 Å². The average Bonchev–Trinajstić information content (AvgIpc) is 2.56. The molecule has 0 saturated carbocycles. The number of thioether (sulfide) groups is 1. The number of nitrogens with one attached hydrogen (secondary N) is 1.